The smallest absolute Gasteiger partial charge is 0.322 e. The van der Waals surface area contributed by atoms with Crippen LogP contribution in [0, 0.1) is 25.5 Å². The highest BCUT2D eigenvalue weighted by molar-refractivity contribution is 5.99. The lowest BCUT2D eigenvalue weighted by Gasteiger charge is -2.32. The Morgan fingerprint density at radius 1 is 1.26 bits per heavy atom. The molecule has 0 radical (unpaired) electrons. The van der Waals surface area contributed by atoms with Crippen LogP contribution < -0.4 is 15.4 Å². The van der Waals surface area contributed by atoms with E-state index < -0.39 is 29.1 Å². The molecule has 202 valence electrons. The third-order valence-corrected chi connectivity index (χ3v) is 6.91. The fourth-order valence-electron chi connectivity index (χ4n) is 5.06. The number of carbonyl (C=O) groups is 3. The molecule has 12 heteroatoms. The molecule has 10 nitrogen and oxygen atoms in total. The van der Waals surface area contributed by atoms with Crippen LogP contribution in [-0.2, 0) is 16.9 Å². The molecule has 1 atom stereocenters. The number of carbonyl (C=O) groups excluding carboxylic acids is 3. The van der Waals surface area contributed by atoms with Crippen molar-refractivity contribution in [3.8, 4) is 16.9 Å². The van der Waals surface area contributed by atoms with E-state index >= 15 is 4.39 Å². The van der Waals surface area contributed by atoms with Crippen molar-refractivity contribution in [2.45, 2.75) is 32.9 Å². The van der Waals surface area contributed by atoms with E-state index in [-0.39, 0.29) is 42.2 Å². The molecule has 0 saturated carbocycles. The number of rotatable bonds is 7. The molecule has 4 amide bonds. The molecule has 3 heterocycles. The molecular formula is C27H25F2N5O5. The number of urea groups is 1. The number of nitrogens with zero attached hydrogens (tertiary/aromatic N) is 2. The lowest BCUT2D eigenvalue weighted by molar-refractivity contribution is -0.108. The summed E-state index contributed by atoms with van der Waals surface area (Å²) in [6.07, 6.45) is 0.212. The second-order valence-electron chi connectivity index (χ2n) is 9.62. The van der Waals surface area contributed by atoms with Crippen molar-refractivity contribution in [1.29, 1.82) is 0 Å². The largest absolute Gasteiger partial charge is 0.494 e. The Hall–Kier alpha value is -4.74. The van der Waals surface area contributed by atoms with E-state index in [0.717, 1.165) is 0 Å². The van der Waals surface area contributed by atoms with Crippen LogP contribution in [-0.4, -0.2) is 47.1 Å². The lowest BCUT2D eigenvalue weighted by Crippen LogP contribution is -2.53. The van der Waals surface area contributed by atoms with Crippen LogP contribution in [0.4, 0.5) is 13.6 Å². The molecule has 1 aliphatic rings. The van der Waals surface area contributed by atoms with E-state index in [0.29, 0.717) is 33.5 Å². The minimum atomic E-state index is -1.40. The number of hydrogen-bond donors (Lipinski definition) is 3. The van der Waals surface area contributed by atoms with Gasteiger partial charge in [-0.25, -0.2) is 13.6 Å². The number of hydrogen-bond acceptors (Lipinski definition) is 6. The first-order chi connectivity index (χ1) is 18.6. The van der Waals surface area contributed by atoms with Gasteiger partial charge < -0.3 is 19.4 Å². The Morgan fingerprint density at radius 2 is 2.03 bits per heavy atom. The van der Waals surface area contributed by atoms with Crippen molar-refractivity contribution in [1.82, 2.24) is 25.7 Å². The third-order valence-electron chi connectivity index (χ3n) is 6.91. The number of methoxy groups -OCH3 is 1. The molecule has 0 aliphatic carbocycles. The molecule has 0 fully saturated rings. The molecule has 2 aromatic carbocycles. The number of aromatic nitrogens is 2. The summed E-state index contributed by atoms with van der Waals surface area (Å²) < 4.78 is 41.1. The monoisotopic (exact) mass is 537 g/mol. The van der Waals surface area contributed by atoms with Crippen LogP contribution >= 0.6 is 0 Å². The van der Waals surface area contributed by atoms with Gasteiger partial charge in [-0.3, -0.25) is 20.0 Å². The quantitative estimate of drug-likeness (QED) is 0.305. The number of aryl methyl sites for hydroxylation is 2. The van der Waals surface area contributed by atoms with Crippen LogP contribution in [0.3, 0.4) is 0 Å². The average Bonchev–Trinajstić information content (AvgIpc) is 3.54. The summed E-state index contributed by atoms with van der Waals surface area (Å²) in [6.45, 7) is 5.06. The normalized spacial score (nSPS) is 14.3. The summed E-state index contributed by atoms with van der Waals surface area (Å²) >= 11 is 0. The van der Waals surface area contributed by atoms with Crippen molar-refractivity contribution in [3.05, 3.63) is 70.2 Å². The highest BCUT2D eigenvalue weighted by Gasteiger charge is 2.40. The maximum atomic E-state index is 15.2. The van der Waals surface area contributed by atoms with Gasteiger partial charge in [-0.15, -0.1) is 0 Å². The summed E-state index contributed by atoms with van der Waals surface area (Å²) in [5, 5.41) is 12.2. The first-order valence-corrected chi connectivity index (χ1v) is 12.0. The van der Waals surface area contributed by atoms with Crippen LogP contribution in [0.1, 0.15) is 40.0 Å². The third kappa shape index (κ3) is 4.37. The van der Waals surface area contributed by atoms with E-state index in [2.05, 4.69) is 15.5 Å². The molecule has 0 saturated heterocycles. The van der Waals surface area contributed by atoms with Crippen molar-refractivity contribution in [2.24, 2.45) is 0 Å². The van der Waals surface area contributed by atoms with Crippen molar-refractivity contribution < 1.29 is 32.3 Å². The molecule has 0 bridgehead atoms. The minimum absolute atomic E-state index is 0.0617. The van der Waals surface area contributed by atoms with E-state index in [4.69, 9.17) is 9.15 Å². The molecule has 0 unspecified atom stereocenters. The molecule has 0 spiro atoms. The van der Waals surface area contributed by atoms with Crippen molar-refractivity contribution >= 4 is 29.3 Å². The maximum absolute atomic E-state index is 15.2. The van der Waals surface area contributed by atoms with E-state index in [1.807, 2.05) is 5.32 Å². The number of H-pyrrole nitrogens is 1. The summed E-state index contributed by atoms with van der Waals surface area (Å²) in [6, 6.07) is 6.68. The highest BCUT2D eigenvalue weighted by Crippen LogP contribution is 2.37. The Labute approximate surface area is 221 Å². The van der Waals surface area contributed by atoms with Gasteiger partial charge in [-0.1, -0.05) is 6.07 Å². The SMILES string of the molecule is COc1ccc2c(c1F)C(=O)N(C[C@](C)(NC(=O)NC=O)c1cc3cc(-c4c(C)n[nH]c4C)c(F)cc3o1)C2. The number of halogens is 2. The standard InChI is InChI=1S/C27H25F2N5O5/c1-13-22(14(2)33-32-13)17-7-16-8-21(39-20(16)9-18(17)28)27(3,31-26(37)30-12-35)11-34-10-15-5-6-19(38-4)24(29)23(15)25(34)36/h5-9,12H,10-11H2,1-4H3,(H,32,33)(H2,30,31,35,37)/t27-/m0/s1. The topological polar surface area (TPSA) is 130 Å². The van der Waals surface area contributed by atoms with Gasteiger partial charge in [0.05, 0.1) is 24.9 Å². The number of nitrogens with one attached hydrogen (secondary N) is 3. The molecule has 5 rings (SSSR count). The zero-order chi connectivity index (χ0) is 28.1. The van der Waals surface area contributed by atoms with Crippen LogP contribution in [0.15, 0.2) is 34.7 Å². The number of furan rings is 1. The average molecular weight is 538 g/mol. The van der Waals surface area contributed by atoms with Crippen LogP contribution in [0.2, 0.25) is 0 Å². The molecular weight excluding hydrogens is 512 g/mol. The second kappa shape index (κ2) is 9.53. The Morgan fingerprint density at radius 3 is 2.69 bits per heavy atom. The summed E-state index contributed by atoms with van der Waals surface area (Å²) in [7, 11) is 1.31. The summed E-state index contributed by atoms with van der Waals surface area (Å²) in [5.41, 5.74) is 1.42. The fraction of sp³-hybridized carbons (Fsp3) is 0.259. The highest BCUT2D eigenvalue weighted by atomic mass is 19.1. The number of fused-ring (bicyclic) bond motifs is 2. The number of benzene rings is 2. The zero-order valence-electron chi connectivity index (χ0n) is 21.6. The van der Waals surface area contributed by atoms with Gasteiger partial charge >= 0.3 is 6.03 Å². The molecule has 1 aliphatic heterocycles. The number of aromatic amines is 1. The Kier molecular flexibility index (Phi) is 6.33. The first-order valence-electron chi connectivity index (χ1n) is 12.0. The van der Waals surface area contributed by atoms with Gasteiger partial charge in [0.25, 0.3) is 5.91 Å². The summed E-state index contributed by atoms with van der Waals surface area (Å²) in [5.74, 6) is -1.77. The molecule has 39 heavy (non-hydrogen) atoms. The number of imide groups is 1. The van der Waals surface area contributed by atoms with Gasteiger partial charge in [0, 0.05) is 34.8 Å². The zero-order valence-corrected chi connectivity index (χ0v) is 21.6. The lowest BCUT2D eigenvalue weighted by atomic mass is 9.97. The van der Waals surface area contributed by atoms with E-state index in [1.54, 1.807) is 39.0 Å². The molecule has 2 aromatic heterocycles. The number of ether oxygens (including phenoxy) is 1. The van der Waals surface area contributed by atoms with E-state index in [9.17, 15) is 18.8 Å². The maximum Gasteiger partial charge on any atom is 0.322 e. The van der Waals surface area contributed by atoms with E-state index in [1.165, 1.54) is 24.1 Å². The Balaban J connectivity index is 1.55. The molecule has 3 N–H and O–H groups in total. The minimum Gasteiger partial charge on any atom is -0.494 e. The first kappa shape index (κ1) is 25.9. The van der Waals surface area contributed by atoms with Gasteiger partial charge in [-0.2, -0.15) is 5.10 Å². The van der Waals surface area contributed by atoms with Crippen molar-refractivity contribution in [2.75, 3.05) is 13.7 Å². The predicted octanol–water partition coefficient (Wildman–Crippen LogP) is 4.05. The Bertz CT molecular complexity index is 1630. The van der Waals surface area contributed by atoms with Crippen molar-refractivity contribution in [3.63, 3.8) is 0 Å². The van der Waals surface area contributed by atoms with Gasteiger partial charge in [0.15, 0.2) is 11.6 Å². The second-order valence-corrected chi connectivity index (χ2v) is 9.62. The van der Waals surface area contributed by atoms with Gasteiger partial charge in [0.1, 0.15) is 22.7 Å². The fourth-order valence-corrected chi connectivity index (χ4v) is 5.06. The summed E-state index contributed by atoms with van der Waals surface area (Å²) in [4.78, 5) is 37.9. The molecule has 4 aromatic rings. The van der Waals surface area contributed by atoms with Gasteiger partial charge in [0.2, 0.25) is 6.41 Å². The number of amides is 4. The predicted molar refractivity (Wildman–Crippen MR) is 136 cm³/mol. The van der Waals surface area contributed by atoms with Crippen LogP contribution in [0.5, 0.6) is 5.75 Å². The van der Waals surface area contributed by atoms with Crippen LogP contribution in [0.25, 0.3) is 22.1 Å². The van der Waals surface area contributed by atoms with Gasteiger partial charge in [-0.05, 0) is 44.5 Å².